The molecule has 104 valence electrons. The predicted octanol–water partition coefficient (Wildman–Crippen LogP) is 2.96. The molecule has 0 rings (SSSR count). The number of hydrogen-bond acceptors (Lipinski definition) is 3. The molecule has 0 aliphatic carbocycles. The van der Waals surface area contributed by atoms with Gasteiger partial charge < -0.3 is 15.2 Å². The minimum atomic E-state index is -0.948. The lowest BCUT2D eigenvalue weighted by atomic mass is 10.0. The monoisotopic (exact) mass is 275 g/mol. The number of nitrogens with one attached hydrogen (secondary N) is 1. The molecule has 2 N–H and O–H groups in total. The smallest absolute Gasteiger partial charge is 0.407 e. The van der Waals surface area contributed by atoms with Crippen molar-refractivity contribution in [1.29, 1.82) is 0 Å². The Morgan fingerprint density at radius 2 is 1.94 bits per heavy atom. The quantitative estimate of drug-likeness (QED) is 0.759. The molecule has 1 amide bonds. The highest BCUT2D eigenvalue weighted by atomic mass is 35.5. The second kappa shape index (κ2) is 8.16. The van der Waals surface area contributed by atoms with Crippen LogP contribution in [-0.4, -0.2) is 29.4 Å². The third-order valence-electron chi connectivity index (χ3n) is 2.21. The van der Waals surface area contributed by atoms with Crippen LogP contribution in [0.3, 0.4) is 0 Å². The number of hydrogen-bond donors (Lipinski definition) is 2. The van der Waals surface area contributed by atoms with Crippen molar-refractivity contribution in [1.82, 2.24) is 5.32 Å². The lowest BCUT2D eigenvalue weighted by Crippen LogP contribution is -2.37. The van der Waals surface area contributed by atoms with Crippen molar-refractivity contribution >= 4 is 17.7 Å². The molecule has 0 aromatic heterocycles. The van der Waals surface area contributed by atoms with Crippen LogP contribution in [0.2, 0.25) is 0 Å². The lowest BCUT2D eigenvalue weighted by molar-refractivity contribution is 0.0311. The van der Waals surface area contributed by atoms with Crippen LogP contribution in [0, 0.1) is 0 Å². The fraction of sp³-hybridized carbons (Fsp3) is 0.615. The number of ether oxygens (including phenoxy) is 1. The predicted molar refractivity (Wildman–Crippen MR) is 73.6 cm³/mol. The highest BCUT2D eigenvalue weighted by Gasteiger charge is 2.22. The molecule has 0 aromatic carbocycles. The Bertz CT molecular complexity index is 333. The Hall–Kier alpha value is -1.00. The average molecular weight is 276 g/mol. The Labute approximate surface area is 114 Å². The van der Waals surface area contributed by atoms with Gasteiger partial charge in [-0.05, 0) is 40.2 Å². The maximum atomic E-state index is 11.4. The summed E-state index contributed by atoms with van der Waals surface area (Å²) in [6, 6.07) is -0.0119. The zero-order valence-electron chi connectivity index (χ0n) is 11.5. The molecule has 2 unspecified atom stereocenters. The SMILES string of the molecule is CC=CC(=C(C)Cl)C(O)C(C)OC(=O)NC(C)C. The van der Waals surface area contributed by atoms with Crippen LogP contribution in [0.1, 0.15) is 34.6 Å². The van der Waals surface area contributed by atoms with Crippen LogP contribution in [0.5, 0.6) is 0 Å². The van der Waals surface area contributed by atoms with Gasteiger partial charge in [-0.2, -0.15) is 0 Å². The zero-order chi connectivity index (χ0) is 14.3. The third kappa shape index (κ3) is 6.07. The Balaban J connectivity index is 4.64. The second-order valence-electron chi connectivity index (χ2n) is 4.34. The molecule has 0 bridgehead atoms. The van der Waals surface area contributed by atoms with E-state index in [-0.39, 0.29) is 6.04 Å². The standard InChI is InChI=1S/C13H22ClNO3/c1-6-7-11(9(4)14)12(16)10(5)18-13(17)15-8(2)3/h6-8,10,12,16H,1-5H3,(H,15,17). The largest absolute Gasteiger partial charge is 0.443 e. The molecule has 0 aromatic rings. The number of halogens is 1. The van der Waals surface area contributed by atoms with Crippen molar-refractivity contribution in [2.24, 2.45) is 0 Å². The van der Waals surface area contributed by atoms with Crippen LogP contribution in [0.15, 0.2) is 22.8 Å². The van der Waals surface area contributed by atoms with E-state index in [0.29, 0.717) is 10.6 Å². The van der Waals surface area contributed by atoms with Gasteiger partial charge in [-0.1, -0.05) is 23.8 Å². The van der Waals surface area contributed by atoms with E-state index in [1.807, 2.05) is 20.8 Å². The topological polar surface area (TPSA) is 58.6 Å². The molecule has 4 nitrogen and oxygen atoms in total. The summed E-state index contributed by atoms with van der Waals surface area (Å²) < 4.78 is 5.07. The highest BCUT2D eigenvalue weighted by molar-refractivity contribution is 6.29. The van der Waals surface area contributed by atoms with Crippen molar-refractivity contribution in [3.05, 3.63) is 22.8 Å². The van der Waals surface area contributed by atoms with Crippen LogP contribution in [-0.2, 0) is 4.74 Å². The number of allylic oxidation sites excluding steroid dienone is 2. The first-order valence-corrected chi connectivity index (χ1v) is 6.31. The first kappa shape index (κ1) is 17.0. The Kier molecular flexibility index (Phi) is 7.71. The number of carbonyl (C=O) groups is 1. The van der Waals surface area contributed by atoms with Crippen LogP contribution in [0.4, 0.5) is 4.79 Å². The number of aliphatic hydroxyl groups is 1. The van der Waals surface area contributed by atoms with Crippen molar-refractivity contribution < 1.29 is 14.6 Å². The summed E-state index contributed by atoms with van der Waals surface area (Å²) in [5.41, 5.74) is 0.545. The van der Waals surface area contributed by atoms with Crippen molar-refractivity contribution in [3.63, 3.8) is 0 Å². The van der Waals surface area contributed by atoms with E-state index in [0.717, 1.165) is 0 Å². The summed E-state index contributed by atoms with van der Waals surface area (Å²) >= 11 is 5.89. The minimum Gasteiger partial charge on any atom is -0.443 e. The molecule has 2 atom stereocenters. The molecule has 0 radical (unpaired) electrons. The van der Waals surface area contributed by atoms with E-state index >= 15 is 0 Å². The number of rotatable bonds is 5. The molecular weight excluding hydrogens is 254 g/mol. The van der Waals surface area contributed by atoms with Crippen molar-refractivity contribution in [2.75, 3.05) is 0 Å². The van der Waals surface area contributed by atoms with Gasteiger partial charge >= 0.3 is 6.09 Å². The summed E-state index contributed by atoms with van der Waals surface area (Å²) in [7, 11) is 0. The maximum absolute atomic E-state index is 11.4. The molecule has 0 fully saturated rings. The first-order valence-electron chi connectivity index (χ1n) is 5.93. The molecule has 0 heterocycles. The van der Waals surface area contributed by atoms with E-state index in [2.05, 4.69) is 5.32 Å². The number of amides is 1. The summed E-state index contributed by atoms with van der Waals surface area (Å²) in [5.74, 6) is 0. The summed E-state index contributed by atoms with van der Waals surface area (Å²) in [6.45, 7) is 8.78. The Morgan fingerprint density at radius 1 is 1.39 bits per heavy atom. The van der Waals surface area contributed by atoms with E-state index < -0.39 is 18.3 Å². The number of aliphatic hydroxyl groups excluding tert-OH is 1. The second-order valence-corrected chi connectivity index (χ2v) is 4.91. The van der Waals surface area contributed by atoms with Gasteiger partial charge in [-0.25, -0.2) is 4.79 Å². The van der Waals surface area contributed by atoms with Gasteiger partial charge in [0.25, 0.3) is 0 Å². The number of carbonyl (C=O) groups excluding carboxylic acids is 1. The van der Waals surface area contributed by atoms with Gasteiger partial charge in [0.1, 0.15) is 12.2 Å². The normalized spacial score (nSPS) is 16.4. The molecule has 5 heteroatoms. The highest BCUT2D eigenvalue weighted by Crippen LogP contribution is 2.18. The first-order chi connectivity index (χ1) is 8.29. The molecule has 0 aliphatic heterocycles. The fourth-order valence-corrected chi connectivity index (χ4v) is 1.53. The zero-order valence-corrected chi connectivity index (χ0v) is 12.3. The molecule has 0 spiro atoms. The summed E-state index contributed by atoms with van der Waals surface area (Å²) in [4.78, 5) is 11.4. The van der Waals surface area contributed by atoms with E-state index in [1.54, 1.807) is 26.0 Å². The lowest BCUT2D eigenvalue weighted by Gasteiger charge is -2.22. The maximum Gasteiger partial charge on any atom is 0.407 e. The molecule has 0 aliphatic rings. The van der Waals surface area contributed by atoms with Gasteiger partial charge in [0.15, 0.2) is 0 Å². The fourth-order valence-electron chi connectivity index (χ4n) is 1.35. The van der Waals surface area contributed by atoms with Crippen LogP contribution >= 0.6 is 11.6 Å². The van der Waals surface area contributed by atoms with Gasteiger partial charge in [0.05, 0.1) is 0 Å². The number of alkyl carbamates (subject to hydrolysis) is 1. The van der Waals surface area contributed by atoms with E-state index in [1.165, 1.54) is 0 Å². The molecule has 0 saturated heterocycles. The van der Waals surface area contributed by atoms with Crippen LogP contribution in [0.25, 0.3) is 0 Å². The molecule has 0 saturated carbocycles. The summed E-state index contributed by atoms with van der Waals surface area (Å²) in [6.07, 6.45) is 1.29. The minimum absolute atomic E-state index is 0.0119. The Morgan fingerprint density at radius 3 is 2.33 bits per heavy atom. The van der Waals surface area contributed by atoms with Crippen molar-refractivity contribution in [3.8, 4) is 0 Å². The average Bonchev–Trinajstić information content (AvgIpc) is 2.23. The van der Waals surface area contributed by atoms with Gasteiger partial charge in [-0.3, -0.25) is 0 Å². The molecule has 18 heavy (non-hydrogen) atoms. The van der Waals surface area contributed by atoms with E-state index in [4.69, 9.17) is 16.3 Å². The van der Waals surface area contributed by atoms with Crippen LogP contribution < -0.4 is 5.32 Å². The van der Waals surface area contributed by atoms with Crippen molar-refractivity contribution in [2.45, 2.75) is 52.9 Å². The van der Waals surface area contributed by atoms with Gasteiger partial charge in [0.2, 0.25) is 0 Å². The van der Waals surface area contributed by atoms with E-state index in [9.17, 15) is 9.90 Å². The van der Waals surface area contributed by atoms with Gasteiger partial charge in [-0.15, -0.1) is 0 Å². The summed E-state index contributed by atoms with van der Waals surface area (Å²) in [5, 5.41) is 13.1. The van der Waals surface area contributed by atoms with Gasteiger partial charge in [0, 0.05) is 11.1 Å². The third-order valence-corrected chi connectivity index (χ3v) is 2.42. The molecular formula is C13H22ClNO3.